The van der Waals surface area contributed by atoms with Gasteiger partial charge in [0.1, 0.15) is 0 Å². The highest BCUT2D eigenvalue weighted by Gasteiger charge is 2.09. The van der Waals surface area contributed by atoms with E-state index in [4.69, 9.17) is 0 Å². The van der Waals surface area contributed by atoms with Crippen molar-refractivity contribution >= 4 is 17.7 Å². The van der Waals surface area contributed by atoms with Crippen molar-refractivity contribution in [2.75, 3.05) is 31.9 Å². The van der Waals surface area contributed by atoms with E-state index in [1.54, 1.807) is 11.8 Å². The SMILES string of the molecule is O=C(CSc1ccccc1)NCCN1CCCCCC1. The number of hydrogen-bond acceptors (Lipinski definition) is 3. The molecule has 1 aliphatic rings. The first-order valence-corrected chi connectivity index (χ1v) is 8.50. The Kier molecular flexibility index (Phi) is 6.95. The molecule has 1 saturated heterocycles. The monoisotopic (exact) mass is 292 g/mol. The zero-order valence-corrected chi connectivity index (χ0v) is 12.8. The van der Waals surface area contributed by atoms with E-state index in [-0.39, 0.29) is 5.91 Å². The fourth-order valence-electron chi connectivity index (χ4n) is 2.43. The van der Waals surface area contributed by atoms with E-state index < -0.39 is 0 Å². The van der Waals surface area contributed by atoms with Crippen molar-refractivity contribution in [3.63, 3.8) is 0 Å². The van der Waals surface area contributed by atoms with Crippen LogP contribution >= 0.6 is 11.8 Å². The van der Waals surface area contributed by atoms with Gasteiger partial charge in [0.15, 0.2) is 0 Å². The van der Waals surface area contributed by atoms with E-state index in [9.17, 15) is 4.79 Å². The molecule has 0 atom stereocenters. The summed E-state index contributed by atoms with van der Waals surface area (Å²) in [5, 5.41) is 3.02. The molecule has 1 amide bonds. The van der Waals surface area contributed by atoms with Crippen LogP contribution in [0, 0.1) is 0 Å². The number of amides is 1. The van der Waals surface area contributed by atoms with Crippen LogP contribution in [0.5, 0.6) is 0 Å². The molecule has 1 fully saturated rings. The molecule has 1 aliphatic heterocycles. The summed E-state index contributed by atoms with van der Waals surface area (Å²) in [4.78, 5) is 15.4. The van der Waals surface area contributed by atoms with Gasteiger partial charge in [-0.2, -0.15) is 0 Å². The highest BCUT2D eigenvalue weighted by atomic mass is 32.2. The topological polar surface area (TPSA) is 32.3 Å². The van der Waals surface area contributed by atoms with Gasteiger partial charge in [-0.15, -0.1) is 11.8 Å². The van der Waals surface area contributed by atoms with E-state index >= 15 is 0 Å². The summed E-state index contributed by atoms with van der Waals surface area (Å²) >= 11 is 1.59. The van der Waals surface area contributed by atoms with Crippen LogP contribution in [0.15, 0.2) is 35.2 Å². The molecule has 1 aromatic carbocycles. The van der Waals surface area contributed by atoms with Crippen molar-refractivity contribution in [3.05, 3.63) is 30.3 Å². The Hall–Kier alpha value is -1.00. The fourth-order valence-corrected chi connectivity index (χ4v) is 3.18. The van der Waals surface area contributed by atoms with Crippen LogP contribution in [0.25, 0.3) is 0 Å². The fraction of sp³-hybridized carbons (Fsp3) is 0.562. The minimum Gasteiger partial charge on any atom is -0.354 e. The van der Waals surface area contributed by atoms with Crippen LogP contribution in [0.3, 0.4) is 0 Å². The molecule has 3 nitrogen and oxygen atoms in total. The van der Waals surface area contributed by atoms with Crippen LogP contribution in [-0.4, -0.2) is 42.7 Å². The predicted molar refractivity (Wildman–Crippen MR) is 85.1 cm³/mol. The van der Waals surface area contributed by atoms with Crippen LogP contribution in [-0.2, 0) is 4.79 Å². The Labute approximate surface area is 126 Å². The smallest absolute Gasteiger partial charge is 0.230 e. The third-order valence-electron chi connectivity index (χ3n) is 3.56. The van der Waals surface area contributed by atoms with Gasteiger partial charge in [-0.05, 0) is 38.1 Å². The van der Waals surface area contributed by atoms with Crippen molar-refractivity contribution in [3.8, 4) is 0 Å². The van der Waals surface area contributed by atoms with Crippen molar-refractivity contribution in [1.82, 2.24) is 10.2 Å². The van der Waals surface area contributed by atoms with Gasteiger partial charge in [0, 0.05) is 18.0 Å². The lowest BCUT2D eigenvalue weighted by molar-refractivity contribution is -0.118. The zero-order chi connectivity index (χ0) is 14.0. The zero-order valence-electron chi connectivity index (χ0n) is 12.0. The Bertz CT molecular complexity index is 389. The average molecular weight is 292 g/mol. The van der Waals surface area contributed by atoms with Gasteiger partial charge in [-0.3, -0.25) is 4.79 Å². The molecular formula is C16H24N2OS. The van der Waals surface area contributed by atoms with E-state index in [1.807, 2.05) is 30.3 Å². The summed E-state index contributed by atoms with van der Waals surface area (Å²) in [6.07, 6.45) is 5.32. The van der Waals surface area contributed by atoms with E-state index in [0.29, 0.717) is 5.75 Å². The summed E-state index contributed by atoms with van der Waals surface area (Å²) < 4.78 is 0. The Balaban J connectivity index is 1.58. The van der Waals surface area contributed by atoms with E-state index in [2.05, 4.69) is 10.2 Å². The summed E-state index contributed by atoms with van der Waals surface area (Å²) in [7, 11) is 0. The summed E-state index contributed by atoms with van der Waals surface area (Å²) in [6.45, 7) is 4.14. The first-order chi connectivity index (χ1) is 9.84. The van der Waals surface area contributed by atoms with E-state index in [1.165, 1.54) is 38.8 Å². The maximum atomic E-state index is 11.8. The number of likely N-dealkylation sites (tertiary alicyclic amines) is 1. The third-order valence-corrected chi connectivity index (χ3v) is 4.57. The van der Waals surface area contributed by atoms with Crippen molar-refractivity contribution in [2.45, 2.75) is 30.6 Å². The van der Waals surface area contributed by atoms with Crippen LogP contribution in [0.2, 0.25) is 0 Å². The minimum absolute atomic E-state index is 0.133. The Morgan fingerprint density at radius 2 is 1.80 bits per heavy atom. The number of nitrogens with one attached hydrogen (secondary N) is 1. The van der Waals surface area contributed by atoms with Crippen LogP contribution in [0.1, 0.15) is 25.7 Å². The number of rotatable bonds is 6. The first-order valence-electron chi connectivity index (χ1n) is 7.51. The molecule has 0 unspecified atom stereocenters. The van der Waals surface area contributed by atoms with Gasteiger partial charge in [0.25, 0.3) is 0 Å². The number of benzene rings is 1. The van der Waals surface area contributed by atoms with Crippen molar-refractivity contribution in [2.24, 2.45) is 0 Å². The number of hydrogen-bond donors (Lipinski definition) is 1. The van der Waals surface area contributed by atoms with Gasteiger partial charge < -0.3 is 10.2 Å². The molecule has 2 rings (SSSR count). The summed E-state index contributed by atoms with van der Waals surface area (Å²) in [5.74, 6) is 0.637. The quantitative estimate of drug-likeness (QED) is 0.818. The molecule has 0 saturated carbocycles. The lowest BCUT2D eigenvalue weighted by Crippen LogP contribution is -2.36. The number of carbonyl (C=O) groups is 1. The number of thioether (sulfide) groups is 1. The van der Waals surface area contributed by atoms with E-state index in [0.717, 1.165) is 18.0 Å². The molecule has 4 heteroatoms. The summed E-state index contributed by atoms with van der Waals surface area (Å²) in [6, 6.07) is 10.1. The molecule has 0 bridgehead atoms. The molecule has 20 heavy (non-hydrogen) atoms. The standard InChI is InChI=1S/C16H24N2OS/c19-16(14-20-15-8-4-3-5-9-15)17-10-13-18-11-6-1-2-7-12-18/h3-5,8-9H,1-2,6-7,10-14H2,(H,17,19). The number of carbonyl (C=O) groups excluding carboxylic acids is 1. The van der Waals surface area contributed by atoms with Gasteiger partial charge in [0.2, 0.25) is 5.91 Å². The molecule has 1 heterocycles. The lowest BCUT2D eigenvalue weighted by Gasteiger charge is -2.19. The average Bonchev–Trinajstić information content (AvgIpc) is 2.75. The molecule has 0 radical (unpaired) electrons. The highest BCUT2D eigenvalue weighted by Crippen LogP contribution is 2.16. The molecule has 0 spiro atoms. The normalized spacial score (nSPS) is 16.6. The molecule has 1 N–H and O–H groups in total. The van der Waals surface area contributed by atoms with Gasteiger partial charge in [-0.1, -0.05) is 31.0 Å². The van der Waals surface area contributed by atoms with Crippen molar-refractivity contribution in [1.29, 1.82) is 0 Å². The molecule has 110 valence electrons. The van der Waals surface area contributed by atoms with Gasteiger partial charge >= 0.3 is 0 Å². The van der Waals surface area contributed by atoms with Gasteiger partial charge in [0.05, 0.1) is 5.75 Å². The minimum atomic E-state index is 0.133. The second kappa shape index (κ2) is 9.03. The first kappa shape index (κ1) is 15.4. The molecule has 0 aromatic heterocycles. The third kappa shape index (κ3) is 5.97. The van der Waals surface area contributed by atoms with Gasteiger partial charge in [-0.25, -0.2) is 0 Å². The van der Waals surface area contributed by atoms with Crippen LogP contribution in [0.4, 0.5) is 0 Å². The molecule has 1 aromatic rings. The second-order valence-electron chi connectivity index (χ2n) is 5.21. The summed E-state index contributed by atoms with van der Waals surface area (Å²) in [5.41, 5.74) is 0. The largest absolute Gasteiger partial charge is 0.354 e. The number of nitrogens with zero attached hydrogens (tertiary/aromatic N) is 1. The van der Waals surface area contributed by atoms with Crippen LogP contribution < -0.4 is 5.32 Å². The predicted octanol–water partition coefficient (Wildman–Crippen LogP) is 2.77. The molecular weight excluding hydrogens is 268 g/mol. The highest BCUT2D eigenvalue weighted by molar-refractivity contribution is 8.00. The maximum Gasteiger partial charge on any atom is 0.230 e. The van der Waals surface area contributed by atoms with Crippen molar-refractivity contribution < 1.29 is 4.79 Å². The Morgan fingerprint density at radius 3 is 2.50 bits per heavy atom. The Morgan fingerprint density at radius 1 is 1.10 bits per heavy atom. The molecule has 0 aliphatic carbocycles. The maximum absolute atomic E-state index is 11.8. The lowest BCUT2D eigenvalue weighted by atomic mass is 10.2. The second-order valence-corrected chi connectivity index (χ2v) is 6.26.